The molecule has 3 N–H and O–H groups in total. The first-order chi connectivity index (χ1) is 9.29. The lowest BCUT2D eigenvalue weighted by atomic mass is 10.1. The molecule has 1 saturated heterocycles. The number of rotatable bonds is 5. The molecule has 1 aliphatic rings. The van der Waals surface area contributed by atoms with Crippen molar-refractivity contribution in [2.24, 2.45) is 5.73 Å². The SMILES string of the molecule is Cl.Cl.NCCC(=O)Nc1ccccc1CN1CCOCC1. The largest absolute Gasteiger partial charge is 0.379 e. The number of nitrogens with one attached hydrogen (secondary N) is 1. The van der Waals surface area contributed by atoms with Crippen molar-refractivity contribution in [1.29, 1.82) is 0 Å². The molecule has 0 radical (unpaired) electrons. The smallest absolute Gasteiger partial charge is 0.225 e. The Morgan fingerprint density at radius 2 is 1.90 bits per heavy atom. The first kappa shape index (κ1) is 20.1. The average Bonchev–Trinajstić information content (AvgIpc) is 2.42. The molecule has 120 valence electrons. The molecule has 5 nitrogen and oxygen atoms in total. The lowest BCUT2D eigenvalue weighted by Crippen LogP contribution is -2.35. The van der Waals surface area contributed by atoms with Gasteiger partial charge in [-0.3, -0.25) is 9.69 Å². The van der Waals surface area contributed by atoms with Gasteiger partial charge in [0.25, 0.3) is 0 Å². The standard InChI is InChI=1S/C14H21N3O2.2ClH/c15-6-5-14(18)16-13-4-2-1-3-12(13)11-17-7-9-19-10-8-17;;/h1-4H,5-11,15H2,(H,16,18);2*1H. The molecule has 0 spiro atoms. The van der Waals surface area contributed by atoms with E-state index in [-0.39, 0.29) is 30.7 Å². The fourth-order valence-electron chi connectivity index (χ4n) is 2.12. The highest BCUT2D eigenvalue weighted by Gasteiger charge is 2.13. The van der Waals surface area contributed by atoms with Gasteiger partial charge in [0.05, 0.1) is 13.2 Å². The number of carbonyl (C=O) groups excluding carboxylic acids is 1. The van der Waals surface area contributed by atoms with Crippen molar-refractivity contribution in [2.75, 3.05) is 38.2 Å². The van der Waals surface area contributed by atoms with E-state index in [2.05, 4.69) is 10.2 Å². The molecule has 0 bridgehead atoms. The van der Waals surface area contributed by atoms with E-state index in [1.807, 2.05) is 24.3 Å². The van der Waals surface area contributed by atoms with Crippen LogP contribution in [0.3, 0.4) is 0 Å². The summed E-state index contributed by atoms with van der Waals surface area (Å²) in [6.45, 7) is 4.64. The van der Waals surface area contributed by atoms with Gasteiger partial charge in [-0.05, 0) is 11.6 Å². The van der Waals surface area contributed by atoms with Crippen LogP contribution in [0.2, 0.25) is 0 Å². The highest BCUT2D eigenvalue weighted by atomic mass is 35.5. The summed E-state index contributed by atoms with van der Waals surface area (Å²) in [6, 6.07) is 7.91. The van der Waals surface area contributed by atoms with Gasteiger partial charge < -0.3 is 15.8 Å². The maximum Gasteiger partial charge on any atom is 0.225 e. The summed E-state index contributed by atoms with van der Waals surface area (Å²) >= 11 is 0. The van der Waals surface area contributed by atoms with Crippen molar-refractivity contribution in [3.63, 3.8) is 0 Å². The van der Waals surface area contributed by atoms with Crippen molar-refractivity contribution in [2.45, 2.75) is 13.0 Å². The Balaban J connectivity index is 0.00000200. The molecule has 2 rings (SSSR count). The molecule has 0 aromatic heterocycles. The second-order valence-corrected chi connectivity index (χ2v) is 4.63. The quantitative estimate of drug-likeness (QED) is 0.858. The summed E-state index contributed by atoms with van der Waals surface area (Å²) in [5.41, 5.74) is 7.40. The number of morpholine rings is 1. The third-order valence-electron chi connectivity index (χ3n) is 3.16. The van der Waals surface area contributed by atoms with Crippen molar-refractivity contribution in [3.8, 4) is 0 Å². The van der Waals surface area contributed by atoms with Gasteiger partial charge >= 0.3 is 0 Å². The number of anilines is 1. The molecule has 1 aromatic carbocycles. The maximum absolute atomic E-state index is 11.6. The number of amides is 1. The summed E-state index contributed by atoms with van der Waals surface area (Å²) < 4.78 is 5.34. The average molecular weight is 336 g/mol. The van der Waals surface area contributed by atoms with E-state index in [0.717, 1.165) is 44.1 Å². The van der Waals surface area contributed by atoms with E-state index in [0.29, 0.717) is 13.0 Å². The zero-order chi connectivity index (χ0) is 13.5. The minimum atomic E-state index is -0.0306. The molecule has 7 heteroatoms. The van der Waals surface area contributed by atoms with Crippen LogP contribution in [0.25, 0.3) is 0 Å². The van der Waals surface area contributed by atoms with Crippen molar-refractivity contribution < 1.29 is 9.53 Å². The fraction of sp³-hybridized carbons (Fsp3) is 0.500. The van der Waals surface area contributed by atoms with Gasteiger partial charge in [-0.25, -0.2) is 0 Å². The number of para-hydroxylation sites is 1. The summed E-state index contributed by atoms with van der Waals surface area (Å²) in [4.78, 5) is 14.0. The van der Waals surface area contributed by atoms with Crippen LogP contribution in [0.4, 0.5) is 5.69 Å². The number of hydrogen-bond acceptors (Lipinski definition) is 4. The van der Waals surface area contributed by atoms with Crippen LogP contribution in [0, 0.1) is 0 Å². The Morgan fingerprint density at radius 3 is 2.57 bits per heavy atom. The van der Waals surface area contributed by atoms with Gasteiger partial charge in [-0.2, -0.15) is 0 Å². The molecule has 1 heterocycles. The monoisotopic (exact) mass is 335 g/mol. The second-order valence-electron chi connectivity index (χ2n) is 4.63. The summed E-state index contributed by atoms with van der Waals surface area (Å²) in [7, 11) is 0. The number of halogens is 2. The zero-order valence-corrected chi connectivity index (χ0v) is 13.5. The van der Waals surface area contributed by atoms with E-state index in [9.17, 15) is 4.79 Å². The van der Waals surface area contributed by atoms with E-state index in [1.54, 1.807) is 0 Å². The predicted octanol–water partition coefficient (Wildman–Crippen LogP) is 1.65. The number of nitrogens with two attached hydrogens (primary N) is 1. The summed E-state index contributed by atoms with van der Waals surface area (Å²) in [5, 5.41) is 2.92. The Kier molecular flexibility index (Phi) is 10.4. The normalized spacial score (nSPS) is 14.7. The molecule has 1 amide bonds. The van der Waals surface area contributed by atoms with Crippen molar-refractivity contribution in [3.05, 3.63) is 29.8 Å². The van der Waals surface area contributed by atoms with Crippen LogP contribution in [-0.2, 0) is 16.1 Å². The molecule has 1 aliphatic heterocycles. The molecular formula is C14H23Cl2N3O2. The number of ether oxygens (including phenoxy) is 1. The van der Waals surface area contributed by atoms with Gasteiger partial charge in [0.15, 0.2) is 0 Å². The van der Waals surface area contributed by atoms with E-state index in [1.165, 1.54) is 0 Å². The van der Waals surface area contributed by atoms with Gasteiger partial charge in [0, 0.05) is 38.3 Å². The minimum absolute atomic E-state index is 0. The first-order valence-electron chi connectivity index (χ1n) is 6.67. The van der Waals surface area contributed by atoms with Crippen LogP contribution in [0.15, 0.2) is 24.3 Å². The number of hydrogen-bond donors (Lipinski definition) is 2. The molecule has 0 saturated carbocycles. The Hall–Kier alpha value is -0.850. The topological polar surface area (TPSA) is 67.6 Å². The molecule has 0 unspecified atom stereocenters. The highest BCUT2D eigenvalue weighted by molar-refractivity contribution is 5.91. The number of nitrogens with zero attached hydrogens (tertiary/aromatic N) is 1. The van der Waals surface area contributed by atoms with Gasteiger partial charge in [-0.1, -0.05) is 18.2 Å². The molecule has 21 heavy (non-hydrogen) atoms. The lowest BCUT2D eigenvalue weighted by Gasteiger charge is -2.27. The van der Waals surface area contributed by atoms with Crippen LogP contribution in [0.1, 0.15) is 12.0 Å². The Morgan fingerprint density at radius 1 is 1.24 bits per heavy atom. The highest BCUT2D eigenvalue weighted by Crippen LogP contribution is 2.18. The molecule has 1 aromatic rings. The molecular weight excluding hydrogens is 313 g/mol. The van der Waals surface area contributed by atoms with Crippen LogP contribution >= 0.6 is 24.8 Å². The Labute approximate surface area is 138 Å². The molecule has 0 atom stereocenters. The molecule has 0 aliphatic carbocycles. The third-order valence-corrected chi connectivity index (χ3v) is 3.16. The lowest BCUT2D eigenvalue weighted by molar-refractivity contribution is -0.116. The molecule has 1 fully saturated rings. The zero-order valence-electron chi connectivity index (χ0n) is 11.9. The first-order valence-corrected chi connectivity index (χ1v) is 6.67. The minimum Gasteiger partial charge on any atom is -0.379 e. The van der Waals surface area contributed by atoms with Crippen LogP contribution in [-0.4, -0.2) is 43.7 Å². The fourth-order valence-corrected chi connectivity index (χ4v) is 2.12. The third kappa shape index (κ3) is 6.63. The summed E-state index contributed by atoms with van der Waals surface area (Å²) in [5.74, 6) is -0.0306. The number of benzene rings is 1. The van der Waals surface area contributed by atoms with Gasteiger partial charge in [-0.15, -0.1) is 24.8 Å². The van der Waals surface area contributed by atoms with E-state index >= 15 is 0 Å². The number of carbonyl (C=O) groups is 1. The van der Waals surface area contributed by atoms with Crippen LogP contribution in [0.5, 0.6) is 0 Å². The predicted molar refractivity (Wildman–Crippen MR) is 89.3 cm³/mol. The summed E-state index contributed by atoms with van der Waals surface area (Å²) in [6.07, 6.45) is 0.353. The maximum atomic E-state index is 11.6. The Bertz CT molecular complexity index is 426. The van der Waals surface area contributed by atoms with Crippen molar-refractivity contribution >= 4 is 36.4 Å². The van der Waals surface area contributed by atoms with Gasteiger partial charge in [0.2, 0.25) is 5.91 Å². The van der Waals surface area contributed by atoms with Gasteiger partial charge in [0.1, 0.15) is 0 Å². The van der Waals surface area contributed by atoms with E-state index in [4.69, 9.17) is 10.5 Å². The van der Waals surface area contributed by atoms with Crippen LogP contribution < -0.4 is 11.1 Å². The van der Waals surface area contributed by atoms with Crippen molar-refractivity contribution in [1.82, 2.24) is 4.90 Å². The second kappa shape index (κ2) is 10.8. The van der Waals surface area contributed by atoms with E-state index < -0.39 is 0 Å².